The summed E-state index contributed by atoms with van der Waals surface area (Å²) in [5, 5.41) is 14.6. The van der Waals surface area contributed by atoms with E-state index in [4.69, 9.17) is 4.42 Å². The summed E-state index contributed by atoms with van der Waals surface area (Å²) in [6.45, 7) is 1.84. The van der Waals surface area contributed by atoms with Crippen LogP contribution in [0.5, 0.6) is 5.75 Å². The number of furan rings is 1. The maximum absolute atomic E-state index is 14.8. The fourth-order valence-corrected chi connectivity index (χ4v) is 4.59. The molecule has 6 nitrogen and oxygen atoms in total. The number of aryl methyl sites for hydroxylation is 1. The minimum atomic E-state index is -0.916. The maximum Gasteiger partial charge on any atom is 0.147 e. The van der Waals surface area contributed by atoms with Gasteiger partial charge in [-0.3, -0.25) is 4.98 Å². The fourth-order valence-electron chi connectivity index (χ4n) is 4.59. The molecular formula is C21H23FN4O2. The summed E-state index contributed by atoms with van der Waals surface area (Å²) in [5.41, 5.74) is 1.80. The fraction of sp³-hybridized carbons (Fsp3) is 0.429. The number of rotatable bonds is 3. The van der Waals surface area contributed by atoms with Crippen molar-refractivity contribution in [2.45, 2.75) is 50.5 Å². The van der Waals surface area contributed by atoms with Crippen molar-refractivity contribution in [2.75, 3.05) is 11.9 Å². The lowest BCUT2D eigenvalue weighted by molar-refractivity contribution is 0.176. The zero-order valence-electron chi connectivity index (χ0n) is 15.9. The van der Waals surface area contributed by atoms with Crippen LogP contribution in [0.3, 0.4) is 0 Å². The Hall–Kier alpha value is -2.67. The number of aromatic nitrogens is 2. The summed E-state index contributed by atoms with van der Waals surface area (Å²) in [7, 11) is 1.88. The van der Waals surface area contributed by atoms with E-state index in [9.17, 15) is 9.50 Å². The van der Waals surface area contributed by atoms with E-state index in [0.29, 0.717) is 34.1 Å². The van der Waals surface area contributed by atoms with Gasteiger partial charge in [-0.2, -0.15) is 0 Å². The topological polar surface area (TPSA) is 74.4 Å². The summed E-state index contributed by atoms with van der Waals surface area (Å²) >= 11 is 0. The van der Waals surface area contributed by atoms with Crippen molar-refractivity contribution in [2.24, 2.45) is 0 Å². The maximum atomic E-state index is 14.8. The minimum absolute atomic E-state index is 0.0551. The Kier molecular flexibility index (Phi) is 4.01. The number of nitrogens with one attached hydrogen (secondary N) is 1. The van der Waals surface area contributed by atoms with Crippen LogP contribution in [0.25, 0.3) is 22.2 Å². The van der Waals surface area contributed by atoms with Gasteiger partial charge in [0.1, 0.15) is 29.1 Å². The molecule has 146 valence electrons. The summed E-state index contributed by atoms with van der Waals surface area (Å²) in [6, 6.07) is 5.53. The van der Waals surface area contributed by atoms with Crippen LogP contribution in [0.4, 0.5) is 10.2 Å². The van der Waals surface area contributed by atoms with Crippen LogP contribution in [0.2, 0.25) is 0 Å². The molecule has 2 aromatic heterocycles. The highest BCUT2D eigenvalue weighted by molar-refractivity contribution is 5.91. The van der Waals surface area contributed by atoms with Crippen LogP contribution in [0.1, 0.15) is 25.0 Å². The van der Waals surface area contributed by atoms with Gasteiger partial charge in [0.15, 0.2) is 0 Å². The Morgan fingerprint density at radius 2 is 2.11 bits per heavy atom. The lowest BCUT2D eigenvalue weighted by atomic mass is 9.96. The highest BCUT2D eigenvalue weighted by Gasteiger charge is 2.43. The van der Waals surface area contributed by atoms with Crippen molar-refractivity contribution in [3.05, 3.63) is 36.4 Å². The molecule has 28 heavy (non-hydrogen) atoms. The first-order chi connectivity index (χ1) is 13.5. The highest BCUT2D eigenvalue weighted by Crippen LogP contribution is 2.37. The van der Waals surface area contributed by atoms with Crippen LogP contribution in [-0.2, 0) is 0 Å². The van der Waals surface area contributed by atoms with Crippen molar-refractivity contribution in [1.82, 2.24) is 15.3 Å². The number of alkyl halides is 1. The molecule has 2 N–H and O–H groups in total. The molecule has 0 amide bonds. The van der Waals surface area contributed by atoms with Crippen LogP contribution in [0.15, 0.2) is 35.0 Å². The van der Waals surface area contributed by atoms with Gasteiger partial charge in [-0.15, -0.1) is 0 Å². The first-order valence-electron chi connectivity index (χ1n) is 9.69. The summed E-state index contributed by atoms with van der Waals surface area (Å²) < 4.78 is 20.4. The van der Waals surface area contributed by atoms with Crippen molar-refractivity contribution < 1.29 is 13.9 Å². The summed E-state index contributed by atoms with van der Waals surface area (Å²) in [5.74, 6) is 1.50. The molecule has 1 aromatic carbocycles. The lowest BCUT2D eigenvalue weighted by Crippen LogP contribution is -2.55. The Labute approximate surface area is 162 Å². The van der Waals surface area contributed by atoms with Crippen molar-refractivity contribution in [3.63, 3.8) is 0 Å². The molecule has 2 fully saturated rings. The van der Waals surface area contributed by atoms with E-state index in [1.807, 2.05) is 24.9 Å². The number of aromatic hydroxyl groups is 1. The average molecular weight is 382 g/mol. The Bertz CT molecular complexity index is 1020. The zero-order valence-corrected chi connectivity index (χ0v) is 15.9. The third kappa shape index (κ3) is 2.73. The normalized spacial score (nSPS) is 26.7. The van der Waals surface area contributed by atoms with Crippen LogP contribution in [-0.4, -0.2) is 46.4 Å². The average Bonchev–Trinajstić information content (AvgIpc) is 3.28. The van der Waals surface area contributed by atoms with E-state index in [1.54, 1.807) is 24.5 Å². The molecule has 2 saturated heterocycles. The number of hydrogen-bond acceptors (Lipinski definition) is 6. The smallest absolute Gasteiger partial charge is 0.147 e. The minimum Gasteiger partial charge on any atom is -0.506 e. The predicted octanol–water partition coefficient (Wildman–Crippen LogP) is 3.57. The molecule has 4 atom stereocenters. The van der Waals surface area contributed by atoms with Gasteiger partial charge < -0.3 is 19.7 Å². The number of fused-ring (bicyclic) bond motifs is 3. The molecule has 5 rings (SSSR count). The molecular weight excluding hydrogens is 359 g/mol. The molecule has 4 heterocycles. The van der Waals surface area contributed by atoms with E-state index in [2.05, 4.69) is 15.3 Å². The van der Waals surface area contributed by atoms with E-state index < -0.39 is 6.17 Å². The third-order valence-corrected chi connectivity index (χ3v) is 6.12. The van der Waals surface area contributed by atoms with E-state index >= 15 is 0 Å². The SMILES string of the molecule is Cc1cc2c(O)c(-c3cnc(N(C)[C@@H]4CC5CC[C@H](N5)[C@@H]4F)cn3)ccc2o1. The molecule has 2 aliphatic rings. The number of piperidine rings is 1. The van der Waals surface area contributed by atoms with Crippen molar-refractivity contribution in [1.29, 1.82) is 0 Å². The van der Waals surface area contributed by atoms with Gasteiger partial charge in [0.2, 0.25) is 0 Å². The Balaban J connectivity index is 1.42. The van der Waals surface area contributed by atoms with E-state index in [-0.39, 0.29) is 17.8 Å². The summed E-state index contributed by atoms with van der Waals surface area (Å²) in [4.78, 5) is 10.9. The summed E-state index contributed by atoms with van der Waals surface area (Å²) in [6.07, 6.45) is 5.07. The van der Waals surface area contributed by atoms with Gasteiger partial charge in [0.25, 0.3) is 0 Å². The van der Waals surface area contributed by atoms with Gasteiger partial charge in [-0.25, -0.2) is 9.37 Å². The van der Waals surface area contributed by atoms with E-state index in [0.717, 1.165) is 25.0 Å². The standard InChI is InChI=1S/C21H23FN4O2/c1-11-7-14-18(28-11)6-4-13(21(14)27)16-9-24-19(10-23-16)26(2)17-8-12-3-5-15(25-12)20(17)22/h4,6-7,9-10,12,15,17,20,25,27H,3,5,8H2,1-2H3/t12?,15-,17+,20-/m0/s1. The predicted molar refractivity (Wildman–Crippen MR) is 105 cm³/mol. The highest BCUT2D eigenvalue weighted by atomic mass is 19.1. The molecule has 1 unspecified atom stereocenters. The zero-order chi connectivity index (χ0) is 19.4. The van der Waals surface area contributed by atoms with Crippen LogP contribution >= 0.6 is 0 Å². The third-order valence-electron chi connectivity index (χ3n) is 6.12. The molecule has 0 saturated carbocycles. The number of halogens is 1. The van der Waals surface area contributed by atoms with Crippen LogP contribution in [0, 0.1) is 6.92 Å². The van der Waals surface area contributed by atoms with Gasteiger partial charge in [0, 0.05) is 24.7 Å². The second-order valence-electron chi connectivity index (χ2n) is 7.90. The van der Waals surface area contributed by atoms with Crippen molar-refractivity contribution >= 4 is 16.8 Å². The molecule has 3 aromatic rings. The largest absolute Gasteiger partial charge is 0.506 e. The first kappa shape index (κ1) is 17.4. The molecule has 2 aliphatic heterocycles. The van der Waals surface area contributed by atoms with Crippen molar-refractivity contribution in [3.8, 4) is 17.0 Å². The van der Waals surface area contributed by atoms with E-state index in [1.165, 1.54) is 0 Å². The number of nitrogens with zero attached hydrogens (tertiary/aromatic N) is 3. The molecule has 0 radical (unpaired) electrons. The molecule has 0 aliphatic carbocycles. The van der Waals surface area contributed by atoms with Gasteiger partial charge in [-0.05, 0) is 44.4 Å². The quantitative estimate of drug-likeness (QED) is 0.721. The second kappa shape index (κ2) is 6.44. The van der Waals surface area contributed by atoms with Gasteiger partial charge in [0.05, 0.1) is 29.5 Å². The monoisotopic (exact) mass is 382 g/mol. The number of anilines is 1. The Morgan fingerprint density at radius 3 is 2.89 bits per heavy atom. The van der Waals surface area contributed by atoms with Gasteiger partial charge >= 0.3 is 0 Å². The number of benzene rings is 1. The molecule has 0 spiro atoms. The number of hydrogen-bond donors (Lipinski definition) is 2. The Morgan fingerprint density at radius 1 is 1.25 bits per heavy atom. The van der Waals surface area contributed by atoms with Crippen LogP contribution < -0.4 is 10.2 Å². The number of phenolic OH excluding ortho intramolecular Hbond substituents is 1. The molecule has 7 heteroatoms. The lowest BCUT2D eigenvalue weighted by Gasteiger charge is -2.38. The number of phenols is 1. The molecule has 2 bridgehead atoms. The first-order valence-corrected chi connectivity index (χ1v) is 9.69. The second-order valence-corrected chi connectivity index (χ2v) is 7.90. The van der Waals surface area contributed by atoms with Gasteiger partial charge in [-0.1, -0.05) is 0 Å².